The molecule has 21 heavy (non-hydrogen) atoms. The van der Waals surface area contributed by atoms with Crippen LogP contribution in [0.2, 0.25) is 0 Å². The van der Waals surface area contributed by atoms with Crippen LogP contribution < -0.4 is 4.74 Å². The Balaban J connectivity index is 2.52. The zero-order chi connectivity index (χ0) is 15.7. The first kappa shape index (κ1) is 17.0. The molecule has 0 radical (unpaired) electrons. The van der Waals surface area contributed by atoms with E-state index in [1.807, 2.05) is 6.07 Å². The molecule has 0 spiro atoms. The van der Waals surface area contributed by atoms with E-state index in [2.05, 4.69) is 0 Å². The molecule has 1 amide bonds. The second-order valence-corrected chi connectivity index (χ2v) is 4.91. The summed E-state index contributed by atoms with van der Waals surface area (Å²) in [4.78, 5) is 13.8. The number of likely N-dealkylation sites (N-methyl/N-ethyl adjacent to an activating group) is 1. The van der Waals surface area contributed by atoms with Crippen LogP contribution in [0.5, 0.6) is 5.75 Å². The van der Waals surface area contributed by atoms with Crippen molar-refractivity contribution in [2.75, 3.05) is 20.2 Å². The molecule has 0 aliphatic heterocycles. The van der Waals surface area contributed by atoms with Crippen molar-refractivity contribution in [1.29, 1.82) is 5.26 Å². The zero-order valence-corrected chi connectivity index (χ0v) is 12.6. The Kier molecular flexibility index (Phi) is 7.27. The minimum absolute atomic E-state index is 0.119. The van der Waals surface area contributed by atoms with Gasteiger partial charge >= 0.3 is 0 Å². The van der Waals surface area contributed by atoms with E-state index in [1.54, 1.807) is 43.1 Å². The Morgan fingerprint density at radius 2 is 2.10 bits per heavy atom. The highest BCUT2D eigenvalue weighted by Gasteiger charge is 2.19. The number of carbonyl (C=O) groups excluding carboxylic acids is 1. The number of aliphatic hydroxyl groups is 1. The molecule has 1 aromatic rings. The molecule has 114 valence electrons. The molecule has 5 nitrogen and oxygen atoms in total. The van der Waals surface area contributed by atoms with E-state index in [0.29, 0.717) is 17.9 Å². The van der Waals surface area contributed by atoms with Gasteiger partial charge in [0.15, 0.2) is 6.10 Å². The van der Waals surface area contributed by atoms with Crippen LogP contribution in [-0.2, 0) is 4.79 Å². The first-order valence-corrected chi connectivity index (χ1v) is 7.11. The lowest BCUT2D eigenvalue weighted by Crippen LogP contribution is -2.38. The van der Waals surface area contributed by atoms with Crippen LogP contribution >= 0.6 is 0 Å². The molecule has 1 aromatic carbocycles. The molecule has 0 saturated carbocycles. The maximum absolute atomic E-state index is 12.2. The highest BCUT2D eigenvalue weighted by Crippen LogP contribution is 2.18. The molecule has 1 atom stereocenters. The molecule has 5 heteroatoms. The first-order valence-electron chi connectivity index (χ1n) is 7.11. The van der Waals surface area contributed by atoms with Gasteiger partial charge in [-0.3, -0.25) is 4.79 Å². The molecule has 0 saturated heterocycles. The van der Waals surface area contributed by atoms with Crippen molar-refractivity contribution in [3.05, 3.63) is 29.8 Å². The summed E-state index contributed by atoms with van der Waals surface area (Å²) < 4.78 is 5.59. The van der Waals surface area contributed by atoms with Gasteiger partial charge < -0.3 is 14.7 Å². The van der Waals surface area contributed by atoms with E-state index in [0.717, 1.165) is 19.3 Å². The fourth-order valence-electron chi connectivity index (χ4n) is 1.96. The van der Waals surface area contributed by atoms with Gasteiger partial charge in [-0.1, -0.05) is 12.1 Å². The van der Waals surface area contributed by atoms with Gasteiger partial charge in [-0.25, -0.2) is 0 Å². The second kappa shape index (κ2) is 8.98. The Morgan fingerprint density at radius 3 is 2.76 bits per heavy atom. The van der Waals surface area contributed by atoms with Gasteiger partial charge in [-0.05, 0) is 38.3 Å². The van der Waals surface area contributed by atoms with Crippen LogP contribution in [0.3, 0.4) is 0 Å². The van der Waals surface area contributed by atoms with Gasteiger partial charge in [0.05, 0.1) is 5.56 Å². The maximum atomic E-state index is 12.2. The number of benzene rings is 1. The number of hydrogen-bond donors (Lipinski definition) is 1. The SMILES string of the molecule is CC(Oc1ccccc1C#N)C(=O)N(C)CCCCCO. The van der Waals surface area contributed by atoms with Gasteiger partial charge in [-0.15, -0.1) is 0 Å². The number of amides is 1. The van der Waals surface area contributed by atoms with Crippen molar-refractivity contribution in [3.63, 3.8) is 0 Å². The normalized spacial score (nSPS) is 11.5. The molecule has 1 unspecified atom stereocenters. The number of aliphatic hydroxyl groups excluding tert-OH is 1. The Labute approximate surface area is 125 Å². The van der Waals surface area contributed by atoms with E-state index in [1.165, 1.54) is 0 Å². The predicted molar refractivity (Wildman–Crippen MR) is 79.8 cm³/mol. The van der Waals surface area contributed by atoms with Crippen molar-refractivity contribution in [2.24, 2.45) is 0 Å². The summed E-state index contributed by atoms with van der Waals surface area (Å²) >= 11 is 0. The Bertz CT molecular complexity index is 497. The third-order valence-corrected chi connectivity index (χ3v) is 3.19. The van der Waals surface area contributed by atoms with E-state index in [4.69, 9.17) is 15.1 Å². The van der Waals surface area contributed by atoms with E-state index >= 15 is 0 Å². The molecular formula is C16H22N2O3. The predicted octanol–water partition coefficient (Wildman–Crippen LogP) is 1.95. The van der Waals surface area contributed by atoms with Crippen molar-refractivity contribution in [2.45, 2.75) is 32.3 Å². The number of unbranched alkanes of at least 4 members (excludes halogenated alkanes) is 2. The van der Waals surface area contributed by atoms with Crippen LogP contribution in [0.25, 0.3) is 0 Å². The molecule has 0 aliphatic carbocycles. The summed E-state index contributed by atoms with van der Waals surface area (Å²) in [6.07, 6.45) is 1.86. The van der Waals surface area contributed by atoms with Crippen LogP contribution in [-0.4, -0.2) is 42.2 Å². The van der Waals surface area contributed by atoms with Crippen molar-refractivity contribution >= 4 is 5.91 Å². The van der Waals surface area contributed by atoms with Gasteiger partial charge in [0, 0.05) is 20.2 Å². The summed E-state index contributed by atoms with van der Waals surface area (Å²) in [6.45, 7) is 2.50. The number of para-hydroxylation sites is 1. The third-order valence-electron chi connectivity index (χ3n) is 3.19. The summed E-state index contributed by atoms with van der Waals surface area (Å²) in [7, 11) is 1.73. The average Bonchev–Trinajstić information content (AvgIpc) is 2.51. The minimum atomic E-state index is -0.637. The average molecular weight is 290 g/mol. The standard InChI is InChI=1S/C16H22N2O3/c1-13(16(20)18(2)10-6-3-7-11-19)21-15-9-5-4-8-14(15)12-17/h4-5,8-9,13,19H,3,6-7,10-11H2,1-2H3. The number of rotatable bonds is 8. The van der Waals surface area contributed by atoms with Gasteiger partial charge in [0.25, 0.3) is 5.91 Å². The molecule has 0 aromatic heterocycles. The molecule has 0 bridgehead atoms. The zero-order valence-electron chi connectivity index (χ0n) is 12.6. The van der Waals surface area contributed by atoms with Gasteiger partial charge in [0.2, 0.25) is 0 Å². The highest BCUT2D eigenvalue weighted by molar-refractivity contribution is 5.80. The molecule has 0 aliphatic rings. The van der Waals surface area contributed by atoms with Crippen LogP contribution in [0.15, 0.2) is 24.3 Å². The van der Waals surface area contributed by atoms with E-state index in [-0.39, 0.29) is 12.5 Å². The topological polar surface area (TPSA) is 73.6 Å². The fourth-order valence-corrected chi connectivity index (χ4v) is 1.96. The number of nitriles is 1. The lowest BCUT2D eigenvalue weighted by atomic mass is 10.2. The summed E-state index contributed by atoms with van der Waals surface area (Å²) in [6, 6.07) is 8.91. The first-order chi connectivity index (χ1) is 10.1. The van der Waals surface area contributed by atoms with Crippen molar-refractivity contribution in [3.8, 4) is 11.8 Å². The lowest BCUT2D eigenvalue weighted by Gasteiger charge is -2.22. The molecule has 0 fully saturated rings. The summed E-state index contributed by atoms with van der Waals surface area (Å²) in [5.41, 5.74) is 0.419. The summed E-state index contributed by atoms with van der Waals surface area (Å²) in [5, 5.41) is 17.7. The van der Waals surface area contributed by atoms with Gasteiger partial charge in [0.1, 0.15) is 11.8 Å². The van der Waals surface area contributed by atoms with Crippen molar-refractivity contribution in [1.82, 2.24) is 4.90 Å². The molecule has 1 rings (SSSR count). The van der Waals surface area contributed by atoms with Gasteiger partial charge in [-0.2, -0.15) is 5.26 Å². The van der Waals surface area contributed by atoms with Crippen LogP contribution in [0.1, 0.15) is 31.7 Å². The van der Waals surface area contributed by atoms with E-state index in [9.17, 15) is 4.79 Å². The lowest BCUT2D eigenvalue weighted by molar-refractivity contribution is -0.136. The maximum Gasteiger partial charge on any atom is 0.263 e. The third kappa shape index (κ3) is 5.44. The minimum Gasteiger partial charge on any atom is -0.480 e. The largest absolute Gasteiger partial charge is 0.480 e. The quantitative estimate of drug-likeness (QED) is 0.743. The molecular weight excluding hydrogens is 268 g/mol. The Morgan fingerprint density at radius 1 is 1.38 bits per heavy atom. The number of hydrogen-bond acceptors (Lipinski definition) is 4. The monoisotopic (exact) mass is 290 g/mol. The highest BCUT2D eigenvalue weighted by atomic mass is 16.5. The second-order valence-electron chi connectivity index (χ2n) is 4.91. The van der Waals surface area contributed by atoms with Crippen LogP contribution in [0.4, 0.5) is 0 Å². The smallest absolute Gasteiger partial charge is 0.263 e. The number of nitrogens with zero attached hydrogens (tertiary/aromatic N) is 2. The van der Waals surface area contributed by atoms with Crippen LogP contribution in [0, 0.1) is 11.3 Å². The molecule has 1 N–H and O–H groups in total. The van der Waals surface area contributed by atoms with Crippen molar-refractivity contribution < 1.29 is 14.6 Å². The Hall–Kier alpha value is -2.06. The fraction of sp³-hybridized carbons (Fsp3) is 0.500. The van der Waals surface area contributed by atoms with E-state index < -0.39 is 6.10 Å². The number of carbonyl (C=O) groups is 1. The summed E-state index contributed by atoms with van der Waals surface area (Å²) in [5.74, 6) is 0.307. The molecule has 0 heterocycles. The number of ether oxygens (including phenoxy) is 1.